The van der Waals surface area contributed by atoms with E-state index in [1.54, 1.807) is 6.21 Å². The molecular formula is C15H11ClN4S. The van der Waals surface area contributed by atoms with Gasteiger partial charge in [-0.1, -0.05) is 47.2 Å². The van der Waals surface area contributed by atoms with Crippen LogP contribution in [0.2, 0.25) is 5.02 Å². The number of halogens is 1. The van der Waals surface area contributed by atoms with E-state index in [1.807, 2.05) is 48.5 Å². The molecule has 3 rings (SSSR count). The summed E-state index contributed by atoms with van der Waals surface area (Å²) < 4.78 is 0. The molecule has 0 radical (unpaired) electrons. The number of anilines is 1. The number of rotatable bonds is 3. The normalized spacial score (nSPS) is 11.1. The second kappa shape index (κ2) is 6.03. The summed E-state index contributed by atoms with van der Waals surface area (Å²) in [7, 11) is 0. The number of benzene rings is 2. The Balaban J connectivity index is 1.84. The van der Waals surface area contributed by atoms with E-state index in [-0.39, 0.29) is 0 Å². The highest BCUT2D eigenvalue weighted by Crippen LogP contribution is 2.27. The summed E-state index contributed by atoms with van der Waals surface area (Å²) in [4.78, 5) is 4.46. The Kier molecular flexibility index (Phi) is 3.94. The summed E-state index contributed by atoms with van der Waals surface area (Å²) in [6, 6.07) is 15.3. The van der Waals surface area contributed by atoms with Crippen molar-refractivity contribution in [2.24, 2.45) is 4.99 Å². The monoisotopic (exact) mass is 314 g/mol. The minimum atomic E-state index is 0.458. The quantitative estimate of drug-likeness (QED) is 0.737. The first kappa shape index (κ1) is 13.7. The fourth-order valence-corrected chi connectivity index (χ4v) is 2.50. The Morgan fingerprint density at radius 1 is 1.10 bits per heavy atom. The number of nitrogen functional groups attached to an aromatic ring is 1. The van der Waals surface area contributed by atoms with Gasteiger partial charge in [0.15, 0.2) is 0 Å². The van der Waals surface area contributed by atoms with Crippen molar-refractivity contribution in [3.8, 4) is 10.6 Å². The van der Waals surface area contributed by atoms with E-state index < -0.39 is 0 Å². The van der Waals surface area contributed by atoms with Crippen molar-refractivity contribution in [3.05, 3.63) is 59.1 Å². The predicted molar refractivity (Wildman–Crippen MR) is 88.5 cm³/mol. The minimum absolute atomic E-state index is 0.458. The van der Waals surface area contributed by atoms with Gasteiger partial charge in [0.1, 0.15) is 5.01 Å². The molecule has 0 fully saturated rings. The minimum Gasteiger partial charge on any atom is -0.374 e. The Morgan fingerprint density at radius 3 is 2.62 bits per heavy atom. The standard InChI is InChI=1S/C15H11ClN4S/c16-12-6-4-10(5-7-12)9-18-13-3-1-2-11(8-13)14-19-20-15(17)21-14/h1-9H,(H2,17,20). The lowest BCUT2D eigenvalue weighted by Crippen LogP contribution is -1.81. The number of aromatic nitrogens is 2. The molecule has 2 N–H and O–H groups in total. The third-order valence-electron chi connectivity index (χ3n) is 2.77. The Bertz CT molecular complexity index is 780. The first-order valence-corrected chi connectivity index (χ1v) is 7.39. The molecule has 21 heavy (non-hydrogen) atoms. The van der Waals surface area contributed by atoms with E-state index in [0.717, 1.165) is 21.8 Å². The van der Waals surface area contributed by atoms with E-state index in [0.29, 0.717) is 10.2 Å². The summed E-state index contributed by atoms with van der Waals surface area (Å²) in [5.41, 5.74) is 8.39. The lowest BCUT2D eigenvalue weighted by Gasteiger charge is -1.98. The van der Waals surface area contributed by atoms with Gasteiger partial charge in [-0.3, -0.25) is 4.99 Å². The topological polar surface area (TPSA) is 64.2 Å². The molecule has 1 heterocycles. The zero-order valence-electron chi connectivity index (χ0n) is 10.9. The van der Waals surface area contributed by atoms with E-state index in [4.69, 9.17) is 17.3 Å². The molecule has 0 saturated heterocycles. The Morgan fingerprint density at radius 2 is 1.90 bits per heavy atom. The van der Waals surface area contributed by atoms with Gasteiger partial charge >= 0.3 is 0 Å². The van der Waals surface area contributed by atoms with Gasteiger partial charge in [0.05, 0.1) is 5.69 Å². The highest BCUT2D eigenvalue weighted by Gasteiger charge is 2.04. The maximum atomic E-state index is 5.85. The predicted octanol–water partition coefficient (Wildman–Crippen LogP) is 4.19. The number of hydrogen-bond acceptors (Lipinski definition) is 5. The van der Waals surface area contributed by atoms with E-state index in [1.165, 1.54) is 11.3 Å². The van der Waals surface area contributed by atoms with Gasteiger partial charge in [0, 0.05) is 16.8 Å². The summed E-state index contributed by atoms with van der Waals surface area (Å²) >= 11 is 7.21. The summed E-state index contributed by atoms with van der Waals surface area (Å²) in [5, 5.41) is 9.81. The maximum absolute atomic E-state index is 5.85. The molecule has 0 saturated carbocycles. The molecular weight excluding hydrogens is 304 g/mol. The third kappa shape index (κ3) is 3.45. The van der Waals surface area contributed by atoms with Gasteiger partial charge in [-0.25, -0.2) is 0 Å². The molecule has 2 aromatic carbocycles. The molecule has 1 aromatic heterocycles. The largest absolute Gasteiger partial charge is 0.374 e. The van der Waals surface area contributed by atoms with Gasteiger partial charge in [-0.2, -0.15) is 0 Å². The molecule has 4 nitrogen and oxygen atoms in total. The van der Waals surface area contributed by atoms with Crippen molar-refractivity contribution < 1.29 is 0 Å². The van der Waals surface area contributed by atoms with Crippen LogP contribution in [0.4, 0.5) is 10.8 Å². The average Bonchev–Trinajstić information content (AvgIpc) is 2.94. The van der Waals surface area contributed by atoms with Crippen molar-refractivity contribution >= 4 is 40.0 Å². The van der Waals surface area contributed by atoms with Crippen LogP contribution in [-0.2, 0) is 0 Å². The van der Waals surface area contributed by atoms with Crippen molar-refractivity contribution in [1.82, 2.24) is 10.2 Å². The molecule has 3 aromatic rings. The van der Waals surface area contributed by atoms with Crippen LogP contribution in [0.1, 0.15) is 5.56 Å². The third-order valence-corrected chi connectivity index (χ3v) is 3.82. The van der Waals surface area contributed by atoms with Crippen LogP contribution in [-0.4, -0.2) is 16.4 Å². The van der Waals surface area contributed by atoms with Crippen molar-refractivity contribution in [3.63, 3.8) is 0 Å². The van der Waals surface area contributed by atoms with Crippen molar-refractivity contribution in [2.75, 3.05) is 5.73 Å². The Hall–Kier alpha value is -2.24. The van der Waals surface area contributed by atoms with Crippen LogP contribution in [0, 0.1) is 0 Å². The molecule has 6 heteroatoms. The molecule has 0 aliphatic rings. The van der Waals surface area contributed by atoms with E-state index in [2.05, 4.69) is 15.2 Å². The summed E-state index contributed by atoms with van der Waals surface area (Å²) in [6.07, 6.45) is 1.80. The zero-order chi connectivity index (χ0) is 14.7. The smallest absolute Gasteiger partial charge is 0.203 e. The lowest BCUT2D eigenvalue weighted by molar-refractivity contribution is 1.10. The summed E-state index contributed by atoms with van der Waals surface area (Å²) in [6.45, 7) is 0. The van der Waals surface area contributed by atoms with Crippen molar-refractivity contribution in [1.29, 1.82) is 0 Å². The average molecular weight is 315 g/mol. The molecule has 0 atom stereocenters. The van der Waals surface area contributed by atoms with Gasteiger partial charge in [-0.15, -0.1) is 10.2 Å². The van der Waals surface area contributed by atoms with Crippen LogP contribution in [0.15, 0.2) is 53.5 Å². The maximum Gasteiger partial charge on any atom is 0.203 e. The highest BCUT2D eigenvalue weighted by molar-refractivity contribution is 7.18. The molecule has 0 unspecified atom stereocenters. The second-order valence-electron chi connectivity index (χ2n) is 4.31. The number of hydrogen-bond donors (Lipinski definition) is 1. The molecule has 0 amide bonds. The van der Waals surface area contributed by atoms with Crippen LogP contribution < -0.4 is 5.73 Å². The zero-order valence-corrected chi connectivity index (χ0v) is 12.5. The number of nitrogens with zero attached hydrogens (tertiary/aromatic N) is 3. The van der Waals surface area contributed by atoms with Gasteiger partial charge < -0.3 is 5.73 Å². The van der Waals surface area contributed by atoms with Crippen LogP contribution >= 0.6 is 22.9 Å². The highest BCUT2D eigenvalue weighted by atomic mass is 35.5. The SMILES string of the molecule is Nc1nnc(-c2cccc(N=Cc3ccc(Cl)cc3)c2)s1. The van der Waals surface area contributed by atoms with E-state index >= 15 is 0 Å². The molecule has 0 aliphatic heterocycles. The first-order valence-electron chi connectivity index (χ1n) is 6.20. The second-order valence-corrected chi connectivity index (χ2v) is 5.75. The van der Waals surface area contributed by atoms with Gasteiger partial charge in [0.2, 0.25) is 5.13 Å². The first-order chi connectivity index (χ1) is 10.2. The van der Waals surface area contributed by atoms with Gasteiger partial charge in [0.25, 0.3) is 0 Å². The Labute approximate surface area is 130 Å². The fraction of sp³-hybridized carbons (Fsp3) is 0. The summed E-state index contributed by atoms with van der Waals surface area (Å²) in [5.74, 6) is 0. The van der Waals surface area contributed by atoms with Gasteiger partial charge in [-0.05, 0) is 29.8 Å². The van der Waals surface area contributed by atoms with Crippen molar-refractivity contribution in [2.45, 2.75) is 0 Å². The molecule has 0 bridgehead atoms. The molecule has 0 aliphatic carbocycles. The fourth-order valence-electron chi connectivity index (χ4n) is 1.77. The lowest BCUT2D eigenvalue weighted by atomic mass is 10.2. The van der Waals surface area contributed by atoms with Crippen LogP contribution in [0.3, 0.4) is 0 Å². The van der Waals surface area contributed by atoms with Crippen LogP contribution in [0.25, 0.3) is 10.6 Å². The number of aliphatic imine (C=N–C) groups is 1. The van der Waals surface area contributed by atoms with Crippen LogP contribution in [0.5, 0.6) is 0 Å². The molecule has 0 spiro atoms. The molecule has 104 valence electrons. The van der Waals surface area contributed by atoms with E-state index in [9.17, 15) is 0 Å². The number of nitrogens with two attached hydrogens (primary N) is 1.